The van der Waals surface area contributed by atoms with Crippen molar-refractivity contribution in [1.29, 1.82) is 0 Å². The van der Waals surface area contributed by atoms with Crippen LogP contribution in [0, 0.1) is 0 Å². The number of sulfonamides is 1. The number of benzene rings is 1. The Bertz CT molecular complexity index is 449. The molecule has 1 saturated carbocycles. The summed E-state index contributed by atoms with van der Waals surface area (Å²) in [5, 5.41) is 0. The van der Waals surface area contributed by atoms with E-state index in [1.54, 1.807) is 0 Å². The fourth-order valence-electron chi connectivity index (χ4n) is 1.95. The summed E-state index contributed by atoms with van der Waals surface area (Å²) in [6.07, 6.45) is 2.46. The third-order valence-corrected chi connectivity index (χ3v) is 4.55. The molecule has 0 amide bonds. The summed E-state index contributed by atoms with van der Waals surface area (Å²) < 4.78 is 26.3. The largest absolute Gasteiger partial charge is 0.212 e. The number of rotatable bonds is 5. The Morgan fingerprint density at radius 2 is 1.88 bits per heavy atom. The van der Waals surface area contributed by atoms with Gasteiger partial charge in [0, 0.05) is 0 Å². The second-order valence-electron chi connectivity index (χ2n) is 4.37. The molecule has 0 bridgehead atoms. The normalized spacial score (nSPS) is 18.3. The van der Waals surface area contributed by atoms with Gasteiger partial charge in [-0.15, -0.1) is 0 Å². The van der Waals surface area contributed by atoms with Crippen LogP contribution in [0.2, 0.25) is 0 Å². The fraction of sp³-hybridized carbons (Fsp3) is 0.500. The van der Waals surface area contributed by atoms with Crippen LogP contribution < -0.4 is 4.72 Å². The van der Waals surface area contributed by atoms with E-state index in [0.29, 0.717) is 6.42 Å². The lowest BCUT2D eigenvalue weighted by atomic mass is 10.1. The van der Waals surface area contributed by atoms with E-state index in [-0.39, 0.29) is 11.3 Å². The summed E-state index contributed by atoms with van der Waals surface area (Å²) in [6, 6.07) is 9.82. The molecule has 2 rings (SSSR count). The van der Waals surface area contributed by atoms with Gasteiger partial charge in [-0.05, 0) is 24.8 Å². The van der Waals surface area contributed by atoms with Gasteiger partial charge in [0.1, 0.15) is 0 Å². The van der Waals surface area contributed by atoms with E-state index < -0.39 is 10.0 Å². The Kier molecular flexibility index (Phi) is 3.04. The minimum absolute atomic E-state index is 0.210. The maximum Gasteiger partial charge on any atom is 0.212 e. The first-order valence-corrected chi connectivity index (χ1v) is 7.30. The van der Waals surface area contributed by atoms with Crippen LogP contribution in [-0.2, 0) is 15.6 Å². The van der Waals surface area contributed by atoms with Gasteiger partial charge in [0.05, 0.1) is 11.3 Å². The summed E-state index contributed by atoms with van der Waals surface area (Å²) in [6.45, 7) is 1.88. The van der Waals surface area contributed by atoms with Crippen LogP contribution >= 0.6 is 0 Å². The highest BCUT2D eigenvalue weighted by Crippen LogP contribution is 2.45. The van der Waals surface area contributed by atoms with Gasteiger partial charge in [-0.2, -0.15) is 0 Å². The van der Waals surface area contributed by atoms with E-state index in [4.69, 9.17) is 0 Å². The van der Waals surface area contributed by atoms with E-state index in [0.717, 1.165) is 18.4 Å². The molecule has 88 valence electrons. The van der Waals surface area contributed by atoms with Crippen molar-refractivity contribution in [3.8, 4) is 0 Å². The molecule has 1 aromatic rings. The van der Waals surface area contributed by atoms with E-state index in [1.807, 2.05) is 37.3 Å². The number of hydrogen-bond donors (Lipinski definition) is 1. The van der Waals surface area contributed by atoms with Crippen LogP contribution in [0.25, 0.3) is 0 Å². The van der Waals surface area contributed by atoms with Crippen molar-refractivity contribution in [2.45, 2.75) is 31.7 Å². The molecule has 0 aliphatic heterocycles. The van der Waals surface area contributed by atoms with Crippen molar-refractivity contribution in [2.75, 3.05) is 5.75 Å². The van der Waals surface area contributed by atoms with Gasteiger partial charge < -0.3 is 0 Å². The summed E-state index contributed by atoms with van der Waals surface area (Å²) in [5.41, 5.74) is 0.768. The molecule has 1 fully saturated rings. The van der Waals surface area contributed by atoms with E-state index in [9.17, 15) is 8.42 Å². The van der Waals surface area contributed by atoms with E-state index in [1.165, 1.54) is 0 Å². The van der Waals surface area contributed by atoms with E-state index >= 15 is 0 Å². The van der Waals surface area contributed by atoms with Crippen LogP contribution in [0.5, 0.6) is 0 Å². The standard InChI is InChI=1S/C12H17NO2S/c1-2-10-16(14,15)13-12(8-9-12)11-6-4-3-5-7-11/h3-7,13H,2,8-10H2,1H3. The van der Waals surface area contributed by atoms with Gasteiger partial charge in [-0.1, -0.05) is 37.3 Å². The molecule has 0 aromatic heterocycles. The average Bonchev–Trinajstić information content (AvgIpc) is 2.99. The van der Waals surface area contributed by atoms with Gasteiger partial charge >= 0.3 is 0 Å². The van der Waals surface area contributed by atoms with Crippen molar-refractivity contribution in [3.63, 3.8) is 0 Å². The van der Waals surface area contributed by atoms with Crippen LogP contribution in [0.3, 0.4) is 0 Å². The smallest absolute Gasteiger partial charge is 0.212 e. The highest BCUT2D eigenvalue weighted by Gasteiger charge is 2.46. The molecule has 0 unspecified atom stereocenters. The molecule has 0 atom stereocenters. The first-order chi connectivity index (χ1) is 7.58. The lowest BCUT2D eigenvalue weighted by molar-refractivity contribution is 0.550. The van der Waals surface area contributed by atoms with Crippen molar-refractivity contribution < 1.29 is 8.42 Å². The molecule has 16 heavy (non-hydrogen) atoms. The molecule has 1 aliphatic rings. The van der Waals surface area contributed by atoms with Crippen LogP contribution in [0.15, 0.2) is 30.3 Å². The van der Waals surface area contributed by atoms with Crippen LogP contribution in [0.1, 0.15) is 31.7 Å². The van der Waals surface area contributed by atoms with Gasteiger partial charge in [-0.3, -0.25) is 0 Å². The maximum atomic E-state index is 11.7. The minimum Gasteiger partial charge on any atom is -0.212 e. The molecule has 1 N–H and O–H groups in total. The highest BCUT2D eigenvalue weighted by molar-refractivity contribution is 7.89. The predicted molar refractivity (Wildman–Crippen MR) is 64.6 cm³/mol. The molecule has 4 heteroatoms. The predicted octanol–water partition coefficient (Wildman–Crippen LogP) is 2.01. The summed E-state index contributed by atoms with van der Waals surface area (Å²) in [5.74, 6) is 0.210. The topological polar surface area (TPSA) is 46.2 Å². The minimum atomic E-state index is -3.12. The Labute approximate surface area is 96.9 Å². The Hall–Kier alpha value is -0.870. The zero-order valence-electron chi connectivity index (χ0n) is 9.44. The number of hydrogen-bond acceptors (Lipinski definition) is 2. The lowest BCUT2D eigenvalue weighted by Crippen LogP contribution is -2.36. The Morgan fingerprint density at radius 3 is 2.38 bits per heavy atom. The van der Waals surface area contributed by atoms with Gasteiger partial charge in [-0.25, -0.2) is 13.1 Å². The second kappa shape index (κ2) is 4.18. The monoisotopic (exact) mass is 239 g/mol. The van der Waals surface area contributed by atoms with Crippen LogP contribution in [-0.4, -0.2) is 14.2 Å². The second-order valence-corrected chi connectivity index (χ2v) is 6.21. The fourth-order valence-corrected chi connectivity index (χ4v) is 3.51. The van der Waals surface area contributed by atoms with Crippen LogP contribution in [0.4, 0.5) is 0 Å². The van der Waals surface area contributed by atoms with Gasteiger partial charge in [0.15, 0.2) is 0 Å². The molecular weight excluding hydrogens is 222 g/mol. The first-order valence-electron chi connectivity index (χ1n) is 5.65. The summed E-state index contributed by atoms with van der Waals surface area (Å²) in [4.78, 5) is 0. The number of nitrogens with one attached hydrogen (secondary N) is 1. The SMILES string of the molecule is CCCS(=O)(=O)NC1(c2ccccc2)CC1. The molecule has 1 aliphatic carbocycles. The van der Waals surface area contributed by atoms with Crippen molar-refractivity contribution in [1.82, 2.24) is 4.72 Å². The third kappa shape index (κ3) is 2.44. The lowest BCUT2D eigenvalue weighted by Gasteiger charge is -2.17. The van der Waals surface area contributed by atoms with Crippen molar-refractivity contribution in [3.05, 3.63) is 35.9 Å². The molecule has 0 heterocycles. The quantitative estimate of drug-likeness (QED) is 0.854. The molecule has 1 aromatic carbocycles. The highest BCUT2D eigenvalue weighted by atomic mass is 32.2. The van der Waals surface area contributed by atoms with Gasteiger partial charge in [0.2, 0.25) is 10.0 Å². The Balaban J connectivity index is 2.16. The summed E-state index contributed by atoms with van der Waals surface area (Å²) >= 11 is 0. The molecule has 3 nitrogen and oxygen atoms in total. The maximum absolute atomic E-state index is 11.7. The van der Waals surface area contributed by atoms with Crippen molar-refractivity contribution >= 4 is 10.0 Å². The average molecular weight is 239 g/mol. The molecule has 0 spiro atoms. The zero-order chi connectivity index (χ0) is 11.6. The third-order valence-electron chi connectivity index (χ3n) is 2.90. The van der Waals surface area contributed by atoms with E-state index in [2.05, 4.69) is 4.72 Å². The first kappa shape index (κ1) is 11.6. The molecular formula is C12H17NO2S. The Morgan fingerprint density at radius 1 is 1.25 bits per heavy atom. The molecule has 0 radical (unpaired) electrons. The van der Waals surface area contributed by atoms with Crippen molar-refractivity contribution in [2.24, 2.45) is 0 Å². The van der Waals surface area contributed by atoms with Gasteiger partial charge in [0.25, 0.3) is 0 Å². The zero-order valence-corrected chi connectivity index (χ0v) is 10.3. The summed E-state index contributed by atoms with van der Waals surface area (Å²) in [7, 11) is -3.12. The molecule has 0 saturated heterocycles.